The molecule has 0 aliphatic carbocycles. The molecule has 1 atom stereocenters. The predicted octanol–water partition coefficient (Wildman–Crippen LogP) is 4.16. The van der Waals surface area contributed by atoms with Crippen molar-refractivity contribution in [3.63, 3.8) is 0 Å². The van der Waals surface area contributed by atoms with Gasteiger partial charge in [0.15, 0.2) is 0 Å². The molecule has 1 fully saturated rings. The molecule has 2 nitrogen and oxygen atoms in total. The minimum absolute atomic E-state index is 0.386. The summed E-state index contributed by atoms with van der Waals surface area (Å²) in [4.78, 5) is 2.71. The van der Waals surface area contributed by atoms with E-state index in [0.29, 0.717) is 10.8 Å². The quantitative estimate of drug-likeness (QED) is 0.736. The summed E-state index contributed by atoms with van der Waals surface area (Å²) in [6, 6.07) is 0. The van der Waals surface area contributed by atoms with Gasteiger partial charge in [-0.3, -0.25) is 0 Å². The largest absolute Gasteiger partial charge is 0.316 e. The maximum Gasteiger partial charge on any atom is 0.00448 e. The molecule has 0 aromatic heterocycles. The number of nitrogens with one attached hydrogen (secondary N) is 1. The lowest BCUT2D eigenvalue weighted by Crippen LogP contribution is -2.41. The maximum absolute atomic E-state index is 3.59. The van der Waals surface area contributed by atoms with Crippen LogP contribution in [0.5, 0.6) is 0 Å². The van der Waals surface area contributed by atoms with Gasteiger partial charge in [-0.25, -0.2) is 0 Å². The van der Waals surface area contributed by atoms with Crippen molar-refractivity contribution in [2.24, 2.45) is 16.7 Å². The van der Waals surface area contributed by atoms with Gasteiger partial charge in [-0.1, -0.05) is 41.5 Å². The minimum atomic E-state index is 0.386. The molecule has 0 amide bonds. The van der Waals surface area contributed by atoms with E-state index in [9.17, 15) is 0 Å². The van der Waals surface area contributed by atoms with Crippen molar-refractivity contribution >= 4 is 0 Å². The molecule has 0 bridgehead atoms. The van der Waals surface area contributed by atoms with Crippen molar-refractivity contribution in [2.45, 2.75) is 67.2 Å². The van der Waals surface area contributed by atoms with Crippen molar-refractivity contribution in [1.82, 2.24) is 10.2 Å². The van der Waals surface area contributed by atoms with E-state index >= 15 is 0 Å². The molecule has 1 heterocycles. The van der Waals surface area contributed by atoms with E-state index in [1.54, 1.807) is 0 Å². The van der Waals surface area contributed by atoms with Crippen LogP contribution in [0.3, 0.4) is 0 Å². The summed E-state index contributed by atoms with van der Waals surface area (Å²) in [5, 5.41) is 3.59. The third-order valence-corrected chi connectivity index (χ3v) is 4.73. The van der Waals surface area contributed by atoms with E-state index in [2.05, 4.69) is 51.8 Å². The van der Waals surface area contributed by atoms with Crippen LogP contribution < -0.4 is 5.32 Å². The third-order valence-electron chi connectivity index (χ3n) is 4.73. The highest BCUT2D eigenvalue weighted by Gasteiger charge is 2.29. The molecule has 20 heavy (non-hydrogen) atoms. The fraction of sp³-hybridized carbons (Fsp3) is 1.00. The molecule has 0 radical (unpaired) electrons. The zero-order valence-electron chi connectivity index (χ0n) is 14.9. The number of nitrogens with zero attached hydrogens (tertiary/aromatic N) is 1. The number of hydrogen-bond donors (Lipinski definition) is 1. The highest BCUT2D eigenvalue weighted by Crippen LogP contribution is 2.34. The highest BCUT2D eigenvalue weighted by atomic mass is 15.1. The second-order valence-electron chi connectivity index (χ2n) is 8.61. The monoisotopic (exact) mass is 282 g/mol. The lowest BCUT2D eigenvalue weighted by molar-refractivity contribution is 0.168. The summed E-state index contributed by atoms with van der Waals surface area (Å²) in [5.74, 6) is 0.897. The molecule has 0 spiro atoms. The summed E-state index contributed by atoms with van der Waals surface area (Å²) in [6.45, 7) is 20.4. The SMILES string of the molecule is CCCNCC(C)(C)CN1CCCC(C(C)(C)C)CC1. The molecular formula is C18H38N2. The zero-order chi connectivity index (χ0) is 15.2. The minimum Gasteiger partial charge on any atom is -0.316 e. The van der Waals surface area contributed by atoms with Gasteiger partial charge in [0.1, 0.15) is 0 Å². The fourth-order valence-electron chi connectivity index (χ4n) is 3.44. The molecule has 0 aromatic rings. The molecule has 0 aromatic carbocycles. The summed E-state index contributed by atoms with van der Waals surface area (Å²) >= 11 is 0. The van der Waals surface area contributed by atoms with Crippen molar-refractivity contribution in [3.8, 4) is 0 Å². The Morgan fingerprint density at radius 3 is 2.35 bits per heavy atom. The average molecular weight is 283 g/mol. The van der Waals surface area contributed by atoms with E-state index in [4.69, 9.17) is 0 Å². The van der Waals surface area contributed by atoms with Gasteiger partial charge < -0.3 is 10.2 Å². The molecule has 120 valence electrons. The summed E-state index contributed by atoms with van der Waals surface area (Å²) in [7, 11) is 0. The van der Waals surface area contributed by atoms with E-state index < -0.39 is 0 Å². The first-order valence-electron chi connectivity index (χ1n) is 8.68. The molecule has 1 N–H and O–H groups in total. The van der Waals surface area contributed by atoms with Crippen LogP contribution in [0.2, 0.25) is 0 Å². The van der Waals surface area contributed by atoms with E-state index in [1.165, 1.54) is 45.3 Å². The van der Waals surface area contributed by atoms with Crippen molar-refractivity contribution in [2.75, 3.05) is 32.7 Å². The third kappa shape index (κ3) is 6.58. The topological polar surface area (TPSA) is 15.3 Å². The standard InChI is InChI=1S/C18H38N2/c1-7-11-19-14-18(5,6)15-20-12-8-9-16(10-13-20)17(2,3)4/h16,19H,7-15H2,1-6H3. The molecule has 1 rings (SSSR count). The van der Waals surface area contributed by atoms with Crippen molar-refractivity contribution < 1.29 is 0 Å². The second-order valence-corrected chi connectivity index (χ2v) is 8.61. The first-order valence-corrected chi connectivity index (χ1v) is 8.68. The van der Waals surface area contributed by atoms with Crippen LogP contribution in [-0.4, -0.2) is 37.6 Å². The Labute approximate surface area is 127 Å². The van der Waals surface area contributed by atoms with Gasteiger partial charge in [0.2, 0.25) is 0 Å². The summed E-state index contributed by atoms with van der Waals surface area (Å²) < 4.78 is 0. The van der Waals surface area contributed by atoms with Crippen LogP contribution in [0.25, 0.3) is 0 Å². The molecular weight excluding hydrogens is 244 g/mol. The Balaban J connectivity index is 2.41. The highest BCUT2D eigenvalue weighted by molar-refractivity contribution is 4.82. The maximum atomic E-state index is 3.59. The summed E-state index contributed by atoms with van der Waals surface area (Å²) in [6.07, 6.45) is 5.39. The molecule has 1 aliphatic heterocycles. The molecule has 1 aliphatic rings. The predicted molar refractivity (Wildman–Crippen MR) is 90.2 cm³/mol. The van der Waals surface area contributed by atoms with E-state index in [-0.39, 0.29) is 0 Å². The van der Waals surface area contributed by atoms with Gasteiger partial charge in [-0.05, 0) is 62.1 Å². The van der Waals surface area contributed by atoms with Gasteiger partial charge in [0, 0.05) is 13.1 Å². The van der Waals surface area contributed by atoms with Crippen LogP contribution in [0.1, 0.15) is 67.2 Å². The summed E-state index contributed by atoms with van der Waals surface area (Å²) in [5.41, 5.74) is 0.866. The first-order chi connectivity index (χ1) is 9.24. The second kappa shape index (κ2) is 7.79. The number of likely N-dealkylation sites (tertiary alicyclic amines) is 1. The first kappa shape index (κ1) is 18.0. The molecule has 2 heteroatoms. The van der Waals surface area contributed by atoms with Crippen LogP contribution >= 0.6 is 0 Å². The van der Waals surface area contributed by atoms with Crippen LogP contribution in [0.4, 0.5) is 0 Å². The Morgan fingerprint density at radius 2 is 1.75 bits per heavy atom. The van der Waals surface area contributed by atoms with Crippen LogP contribution in [-0.2, 0) is 0 Å². The van der Waals surface area contributed by atoms with Crippen LogP contribution in [0.15, 0.2) is 0 Å². The molecule has 0 saturated carbocycles. The zero-order valence-corrected chi connectivity index (χ0v) is 14.9. The lowest BCUT2D eigenvalue weighted by atomic mass is 9.77. The Kier molecular flexibility index (Phi) is 7.00. The smallest absolute Gasteiger partial charge is 0.00448 e. The van der Waals surface area contributed by atoms with Crippen molar-refractivity contribution in [1.29, 1.82) is 0 Å². The van der Waals surface area contributed by atoms with Crippen LogP contribution in [0, 0.1) is 16.7 Å². The van der Waals surface area contributed by atoms with Gasteiger partial charge in [-0.2, -0.15) is 0 Å². The Hall–Kier alpha value is -0.0800. The number of hydrogen-bond acceptors (Lipinski definition) is 2. The van der Waals surface area contributed by atoms with Crippen molar-refractivity contribution in [3.05, 3.63) is 0 Å². The van der Waals surface area contributed by atoms with Gasteiger partial charge >= 0.3 is 0 Å². The Bertz CT molecular complexity index is 265. The number of rotatable bonds is 6. The normalized spacial score (nSPS) is 22.8. The van der Waals surface area contributed by atoms with Gasteiger partial charge in [0.25, 0.3) is 0 Å². The van der Waals surface area contributed by atoms with Gasteiger partial charge in [-0.15, -0.1) is 0 Å². The van der Waals surface area contributed by atoms with Gasteiger partial charge in [0.05, 0.1) is 0 Å². The van der Waals surface area contributed by atoms with E-state index in [1.807, 2.05) is 0 Å². The molecule has 1 saturated heterocycles. The van der Waals surface area contributed by atoms with E-state index in [0.717, 1.165) is 19.0 Å². The Morgan fingerprint density at radius 1 is 1.05 bits per heavy atom. The fourth-order valence-corrected chi connectivity index (χ4v) is 3.44. The molecule has 1 unspecified atom stereocenters. The average Bonchev–Trinajstić information content (AvgIpc) is 2.53. The lowest BCUT2D eigenvalue weighted by Gasteiger charge is -2.33.